The van der Waals surface area contributed by atoms with E-state index in [4.69, 9.17) is 4.74 Å². The summed E-state index contributed by atoms with van der Waals surface area (Å²) in [5, 5.41) is 6.21. The first-order valence-corrected chi connectivity index (χ1v) is 6.34. The van der Waals surface area contributed by atoms with Crippen molar-refractivity contribution in [2.75, 3.05) is 19.7 Å². The molecule has 0 spiro atoms. The lowest BCUT2D eigenvalue weighted by Crippen LogP contribution is -2.40. The highest BCUT2D eigenvalue weighted by Crippen LogP contribution is 2.19. The Morgan fingerprint density at radius 1 is 1.35 bits per heavy atom. The highest BCUT2D eigenvalue weighted by molar-refractivity contribution is 5.80. The van der Waals surface area contributed by atoms with Gasteiger partial charge in [0.15, 0.2) is 12.6 Å². The summed E-state index contributed by atoms with van der Waals surface area (Å²) in [5.74, 6) is 0.929. The molecule has 1 aliphatic rings. The van der Waals surface area contributed by atoms with Crippen LogP contribution in [0.2, 0.25) is 0 Å². The van der Waals surface area contributed by atoms with E-state index in [1.54, 1.807) is 12.1 Å². The number of nitrogens with zero attached hydrogens (tertiary/aromatic N) is 1. The zero-order valence-corrected chi connectivity index (χ0v) is 10.8. The van der Waals surface area contributed by atoms with Crippen LogP contribution in [0, 0.1) is 0 Å². The molecule has 0 unspecified atom stereocenters. The monoisotopic (exact) mass is 287 g/mol. The van der Waals surface area contributed by atoms with Gasteiger partial charge in [-0.15, -0.1) is 0 Å². The predicted octanol–water partition coefficient (Wildman–Crippen LogP) is 2.07. The van der Waals surface area contributed by atoms with E-state index in [0.717, 1.165) is 31.0 Å². The van der Waals surface area contributed by atoms with E-state index in [-0.39, 0.29) is 5.75 Å². The molecular formula is C13H16F3N3O. The third kappa shape index (κ3) is 4.99. The van der Waals surface area contributed by atoms with Crippen molar-refractivity contribution in [3.05, 3.63) is 29.8 Å². The largest absolute Gasteiger partial charge is 0.484 e. The second kappa shape index (κ2) is 6.49. The average Bonchev–Trinajstić information content (AvgIpc) is 2.44. The van der Waals surface area contributed by atoms with Crippen molar-refractivity contribution in [3.63, 3.8) is 0 Å². The number of guanidine groups is 1. The molecular weight excluding hydrogens is 271 g/mol. The van der Waals surface area contributed by atoms with Crippen molar-refractivity contribution in [3.8, 4) is 5.75 Å². The van der Waals surface area contributed by atoms with Gasteiger partial charge in [-0.2, -0.15) is 13.2 Å². The van der Waals surface area contributed by atoms with Crippen molar-refractivity contribution in [2.45, 2.75) is 19.1 Å². The molecule has 1 aliphatic heterocycles. The van der Waals surface area contributed by atoms with Crippen molar-refractivity contribution in [1.29, 1.82) is 0 Å². The van der Waals surface area contributed by atoms with Gasteiger partial charge < -0.3 is 15.4 Å². The van der Waals surface area contributed by atoms with Gasteiger partial charge in [-0.25, -0.2) is 0 Å². The van der Waals surface area contributed by atoms with Gasteiger partial charge in [-0.1, -0.05) is 12.1 Å². The lowest BCUT2D eigenvalue weighted by Gasteiger charge is -2.16. The maximum absolute atomic E-state index is 12.1. The molecule has 1 heterocycles. The van der Waals surface area contributed by atoms with E-state index < -0.39 is 12.8 Å². The zero-order valence-electron chi connectivity index (χ0n) is 10.8. The number of alkyl halides is 3. The lowest BCUT2D eigenvalue weighted by molar-refractivity contribution is -0.153. The number of aliphatic imine (C=N–C) groups is 1. The zero-order chi connectivity index (χ0) is 14.4. The fourth-order valence-electron chi connectivity index (χ4n) is 1.75. The maximum Gasteiger partial charge on any atom is 0.422 e. The minimum Gasteiger partial charge on any atom is -0.484 e. The Kier molecular flexibility index (Phi) is 4.70. The van der Waals surface area contributed by atoms with Gasteiger partial charge in [0.25, 0.3) is 0 Å². The summed E-state index contributed by atoms with van der Waals surface area (Å²) in [6.07, 6.45) is -3.32. The number of rotatable bonds is 4. The van der Waals surface area contributed by atoms with Crippen molar-refractivity contribution in [2.24, 2.45) is 4.99 Å². The van der Waals surface area contributed by atoms with Crippen LogP contribution >= 0.6 is 0 Å². The third-order valence-electron chi connectivity index (χ3n) is 2.66. The highest BCUT2D eigenvalue weighted by atomic mass is 19.4. The van der Waals surface area contributed by atoms with Crippen LogP contribution in [0.15, 0.2) is 29.3 Å². The number of hydrogen-bond acceptors (Lipinski definition) is 4. The topological polar surface area (TPSA) is 45.6 Å². The molecule has 0 saturated heterocycles. The van der Waals surface area contributed by atoms with Crippen LogP contribution < -0.4 is 15.4 Å². The fourth-order valence-corrected chi connectivity index (χ4v) is 1.75. The highest BCUT2D eigenvalue weighted by Gasteiger charge is 2.28. The van der Waals surface area contributed by atoms with Gasteiger partial charge in [-0.05, 0) is 24.1 Å². The van der Waals surface area contributed by atoms with Crippen LogP contribution in [0.5, 0.6) is 5.75 Å². The van der Waals surface area contributed by atoms with E-state index in [0.29, 0.717) is 6.54 Å². The van der Waals surface area contributed by atoms with Gasteiger partial charge in [0.1, 0.15) is 5.75 Å². The van der Waals surface area contributed by atoms with Crippen LogP contribution in [0.3, 0.4) is 0 Å². The van der Waals surface area contributed by atoms with Crippen LogP contribution in [-0.4, -0.2) is 31.8 Å². The molecule has 4 nitrogen and oxygen atoms in total. The van der Waals surface area contributed by atoms with Crippen LogP contribution in [0.1, 0.15) is 12.0 Å². The molecule has 2 rings (SSSR count). The van der Waals surface area contributed by atoms with Crippen LogP contribution in [0.25, 0.3) is 0 Å². The molecule has 7 heteroatoms. The van der Waals surface area contributed by atoms with Gasteiger partial charge in [0.2, 0.25) is 0 Å². The Morgan fingerprint density at radius 2 is 2.20 bits per heavy atom. The summed E-state index contributed by atoms with van der Waals surface area (Å²) in [7, 11) is 0. The average molecular weight is 287 g/mol. The molecule has 1 aromatic rings. The minimum absolute atomic E-state index is 0.208. The Labute approximate surface area is 115 Å². The van der Waals surface area contributed by atoms with Gasteiger partial charge >= 0.3 is 6.18 Å². The van der Waals surface area contributed by atoms with Crippen LogP contribution in [-0.2, 0) is 6.54 Å². The summed E-state index contributed by atoms with van der Waals surface area (Å²) < 4.78 is 40.9. The number of benzene rings is 1. The molecule has 1 aromatic carbocycles. The van der Waals surface area contributed by atoms with Crippen molar-refractivity contribution < 1.29 is 17.9 Å². The quantitative estimate of drug-likeness (QED) is 0.891. The smallest absolute Gasteiger partial charge is 0.422 e. The minimum atomic E-state index is -4.32. The molecule has 0 amide bonds. The first kappa shape index (κ1) is 14.5. The molecule has 0 fully saturated rings. The van der Waals surface area contributed by atoms with E-state index >= 15 is 0 Å². The van der Waals surface area contributed by atoms with Crippen molar-refractivity contribution in [1.82, 2.24) is 10.6 Å². The molecule has 0 bridgehead atoms. The maximum atomic E-state index is 12.1. The molecule has 20 heavy (non-hydrogen) atoms. The molecule has 0 radical (unpaired) electrons. The SMILES string of the molecule is FC(F)(F)COc1cccc(CNC2=NCCCN2)c1. The molecule has 0 aromatic heterocycles. The summed E-state index contributed by atoms with van der Waals surface area (Å²) in [5.41, 5.74) is 0.833. The summed E-state index contributed by atoms with van der Waals surface area (Å²) in [6, 6.07) is 6.57. The Bertz CT molecular complexity index is 474. The second-order valence-electron chi connectivity index (χ2n) is 4.42. The normalized spacial score (nSPS) is 15.2. The lowest BCUT2D eigenvalue weighted by atomic mass is 10.2. The van der Waals surface area contributed by atoms with Gasteiger partial charge in [0.05, 0.1) is 0 Å². The molecule has 0 atom stereocenters. The van der Waals surface area contributed by atoms with E-state index in [1.165, 1.54) is 6.07 Å². The summed E-state index contributed by atoms with van der Waals surface area (Å²) in [4.78, 5) is 4.25. The molecule has 0 aliphatic carbocycles. The molecule has 0 saturated carbocycles. The number of ether oxygens (including phenoxy) is 1. The third-order valence-corrected chi connectivity index (χ3v) is 2.66. The molecule has 2 N–H and O–H groups in total. The molecule has 110 valence electrons. The van der Waals surface area contributed by atoms with Gasteiger partial charge in [0, 0.05) is 19.6 Å². The number of nitrogens with one attached hydrogen (secondary N) is 2. The Hall–Kier alpha value is -1.92. The Morgan fingerprint density at radius 3 is 2.90 bits per heavy atom. The summed E-state index contributed by atoms with van der Waals surface area (Å²) in [6.45, 7) is 0.859. The predicted molar refractivity (Wildman–Crippen MR) is 69.8 cm³/mol. The first-order chi connectivity index (χ1) is 9.53. The van der Waals surface area contributed by atoms with Crippen LogP contribution in [0.4, 0.5) is 13.2 Å². The van der Waals surface area contributed by atoms with Crippen molar-refractivity contribution >= 4 is 5.96 Å². The standard InChI is InChI=1S/C13H16F3N3O/c14-13(15,16)9-20-11-4-1-3-10(7-11)8-19-12-17-5-2-6-18-12/h1,3-4,7H,2,5-6,8-9H2,(H2,17,18,19). The van der Waals surface area contributed by atoms with E-state index in [2.05, 4.69) is 15.6 Å². The Balaban J connectivity index is 1.87. The van der Waals surface area contributed by atoms with E-state index in [9.17, 15) is 13.2 Å². The fraction of sp³-hybridized carbons (Fsp3) is 0.462. The van der Waals surface area contributed by atoms with Gasteiger partial charge in [-0.3, -0.25) is 4.99 Å². The summed E-state index contributed by atoms with van der Waals surface area (Å²) >= 11 is 0. The number of halogens is 3. The second-order valence-corrected chi connectivity index (χ2v) is 4.42. The van der Waals surface area contributed by atoms with E-state index in [1.807, 2.05) is 6.07 Å². The first-order valence-electron chi connectivity index (χ1n) is 6.34. The number of hydrogen-bond donors (Lipinski definition) is 2.